The Labute approximate surface area is 95.5 Å². The van der Waals surface area contributed by atoms with Crippen molar-refractivity contribution >= 4 is 23.2 Å². The highest BCUT2D eigenvalue weighted by molar-refractivity contribution is 6.24. The van der Waals surface area contributed by atoms with Crippen LogP contribution >= 0.6 is 23.2 Å². The Kier molecular flexibility index (Phi) is 5.88. The first-order chi connectivity index (χ1) is 6.75. The lowest BCUT2D eigenvalue weighted by molar-refractivity contribution is -0.326. The van der Waals surface area contributed by atoms with Crippen molar-refractivity contribution in [3.8, 4) is 0 Å². The zero-order valence-electron chi connectivity index (χ0n) is 7.78. The first-order valence-electron chi connectivity index (χ1n) is 3.64. The maximum Gasteiger partial charge on any atom is 0.394 e. The van der Waals surface area contributed by atoms with E-state index in [4.69, 9.17) is 0 Å². The third-order valence-electron chi connectivity index (χ3n) is 1.11. The zero-order valence-corrected chi connectivity index (χ0v) is 9.29. The van der Waals surface area contributed by atoms with E-state index in [1.807, 2.05) is 13.8 Å². The molecule has 0 aromatic rings. The second-order valence-electron chi connectivity index (χ2n) is 2.14. The monoisotopic (exact) mass is 300 g/mol. The lowest BCUT2D eigenvalue weighted by Gasteiger charge is -2.31. The molecule has 0 radical (unpaired) electrons. The van der Waals surface area contributed by atoms with Gasteiger partial charge in [0, 0.05) is 0 Å². The average Bonchev–Trinajstić information content (AvgIpc) is 2.03. The molecule has 0 aromatic carbocycles. The van der Waals surface area contributed by atoms with E-state index < -0.39 is 22.6 Å². The van der Waals surface area contributed by atoms with Crippen molar-refractivity contribution in [2.45, 2.75) is 36.5 Å². The van der Waals surface area contributed by atoms with Gasteiger partial charge in [-0.2, -0.15) is 35.1 Å². The van der Waals surface area contributed by atoms with Gasteiger partial charge in [0.15, 0.2) is 0 Å². The molecule has 10 heteroatoms. The quantitative estimate of drug-likeness (QED) is 0.511. The molecule has 0 aliphatic rings. The van der Waals surface area contributed by atoms with Gasteiger partial charge in [0.05, 0.1) is 0 Å². The molecule has 0 bridgehead atoms. The number of hydrogen-bond donors (Lipinski definition) is 0. The van der Waals surface area contributed by atoms with Crippen LogP contribution < -0.4 is 0 Å². The molecule has 0 rings (SSSR count). The Morgan fingerprint density at radius 2 is 0.688 bits per heavy atom. The van der Waals surface area contributed by atoms with Gasteiger partial charge >= 0.3 is 22.6 Å². The molecule has 0 spiro atoms. The predicted molar refractivity (Wildman–Crippen MR) is 42.8 cm³/mol. The van der Waals surface area contributed by atoms with E-state index in [0.29, 0.717) is 0 Å². The van der Waals surface area contributed by atoms with Gasteiger partial charge in [-0.15, -0.1) is 0 Å². The second-order valence-corrected chi connectivity index (χ2v) is 3.09. The average molecular weight is 301 g/mol. The van der Waals surface area contributed by atoms with Gasteiger partial charge in [-0.3, -0.25) is 0 Å². The Hall–Kier alpha value is 0.0200. The molecule has 16 heavy (non-hydrogen) atoms. The minimum atomic E-state index is -6.47. The Morgan fingerprint density at radius 3 is 0.750 bits per heavy atom. The third kappa shape index (κ3) is 3.26. The number of alkyl halides is 10. The van der Waals surface area contributed by atoms with Crippen LogP contribution in [-0.2, 0) is 0 Å². The Morgan fingerprint density at radius 1 is 0.562 bits per heavy atom. The molecule has 0 N–H and O–H groups in total. The zero-order chi connectivity index (χ0) is 14.0. The van der Waals surface area contributed by atoms with Crippen LogP contribution in [0.25, 0.3) is 0 Å². The summed E-state index contributed by atoms with van der Waals surface area (Å²) in [6.07, 6.45) is 0. The summed E-state index contributed by atoms with van der Waals surface area (Å²) in [5.41, 5.74) is 0. The molecule has 100 valence electrons. The lowest BCUT2D eigenvalue weighted by atomic mass is 10.2. The molecule has 0 amide bonds. The minimum absolute atomic E-state index is 2.00. The fraction of sp³-hybridized carbons (Fsp3) is 1.00. The van der Waals surface area contributed by atoms with Gasteiger partial charge in [0.25, 0.3) is 0 Å². The van der Waals surface area contributed by atoms with E-state index in [-0.39, 0.29) is 0 Å². The summed E-state index contributed by atoms with van der Waals surface area (Å²) in [6, 6.07) is 0. The van der Waals surface area contributed by atoms with E-state index in [1.54, 1.807) is 0 Å². The van der Waals surface area contributed by atoms with E-state index in [1.165, 1.54) is 0 Å². The number of hydrogen-bond acceptors (Lipinski definition) is 0. The van der Waals surface area contributed by atoms with Crippen molar-refractivity contribution in [2.24, 2.45) is 0 Å². The number of halogens is 10. The first-order valence-corrected chi connectivity index (χ1v) is 4.40. The van der Waals surface area contributed by atoms with Crippen LogP contribution in [0.3, 0.4) is 0 Å². The summed E-state index contributed by atoms with van der Waals surface area (Å²) >= 11 is 7.12. The van der Waals surface area contributed by atoms with Gasteiger partial charge < -0.3 is 0 Å². The lowest BCUT2D eigenvalue weighted by Crippen LogP contribution is -2.58. The molecule has 0 aromatic heterocycles. The van der Waals surface area contributed by atoms with E-state index in [0.717, 1.165) is 0 Å². The van der Waals surface area contributed by atoms with E-state index in [9.17, 15) is 35.1 Å². The maximum absolute atomic E-state index is 12.0. The minimum Gasteiger partial charge on any atom is -0.191 e. The fourth-order valence-electron chi connectivity index (χ4n) is 0.356. The van der Waals surface area contributed by atoms with Gasteiger partial charge in [-0.1, -0.05) is 13.8 Å². The summed E-state index contributed by atoms with van der Waals surface area (Å²) in [5, 5.41) is -11.7. The highest BCUT2D eigenvalue weighted by Gasteiger charge is 2.80. The fourth-order valence-corrected chi connectivity index (χ4v) is 0.593. The molecule has 0 heterocycles. The van der Waals surface area contributed by atoms with Crippen molar-refractivity contribution in [3.05, 3.63) is 0 Å². The summed E-state index contributed by atoms with van der Waals surface area (Å²) in [6.45, 7) is 4.00. The topological polar surface area (TPSA) is 0 Å². The van der Waals surface area contributed by atoms with Crippen molar-refractivity contribution < 1.29 is 35.1 Å². The molecular formula is C6H6Cl2F8. The molecule has 0 saturated carbocycles. The van der Waals surface area contributed by atoms with Crippen LogP contribution in [-0.4, -0.2) is 22.6 Å². The van der Waals surface area contributed by atoms with Crippen molar-refractivity contribution in [2.75, 3.05) is 0 Å². The van der Waals surface area contributed by atoms with Crippen LogP contribution in [0.4, 0.5) is 35.1 Å². The van der Waals surface area contributed by atoms with Gasteiger partial charge in [-0.25, -0.2) is 0 Å². The molecule has 0 nitrogen and oxygen atoms in total. The molecule has 0 aliphatic heterocycles. The highest BCUT2D eigenvalue weighted by atomic mass is 35.5. The van der Waals surface area contributed by atoms with Gasteiger partial charge in [0.1, 0.15) is 0 Å². The largest absolute Gasteiger partial charge is 0.394 e. The van der Waals surface area contributed by atoms with Crippen LogP contribution in [0.15, 0.2) is 0 Å². The van der Waals surface area contributed by atoms with E-state index >= 15 is 0 Å². The normalized spacial score (nSPS) is 14.2. The van der Waals surface area contributed by atoms with Crippen molar-refractivity contribution in [1.29, 1.82) is 0 Å². The highest BCUT2D eigenvalue weighted by Crippen LogP contribution is 2.55. The SMILES string of the molecule is CC.FC(F)(Cl)C(F)(F)C(F)(F)C(F)(F)Cl. The van der Waals surface area contributed by atoms with Crippen LogP contribution in [0.2, 0.25) is 0 Å². The summed E-state index contributed by atoms with van der Waals surface area (Å²) in [7, 11) is 0. The Bertz CT molecular complexity index is 192. The molecule has 0 saturated heterocycles. The standard InChI is InChI=1S/C4Cl2F8.C2H6/c5-3(11,12)1(7,8)2(9,10)4(6,13)14;1-2/h;1-2H3. The van der Waals surface area contributed by atoms with Crippen molar-refractivity contribution in [1.82, 2.24) is 0 Å². The second kappa shape index (κ2) is 5.12. The van der Waals surface area contributed by atoms with Crippen LogP contribution in [0.1, 0.15) is 13.8 Å². The Balaban J connectivity index is 0. The maximum atomic E-state index is 12.0. The van der Waals surface area contributed by atoms with Gasteiger partial charge in [0.2, 0.25) is 0 Å². The molecule has 0 atom stereocenters. The first kappa shape index (κ1) is 18.4. The van der Waals surface area contributed by atoms with Crippen LogP contribution in [0, 0.1) is 0 Å². The van der Waals surface area contributed by atoms with E-state index in [2.05, 4.69) is 23.2 Å². The van der Waals surface area contributed by atoms with Crippen molar-refractivity contribution in [3.63, 3.8) is 0 Å². The molecule has 0 fully saturated rings. The summed E-state index contributed by atoms with van der Waals surface area (Å²) in [5.74, 6) is -12.9. The molecular weight excluding hydrogens is 295 g/mol. The summed E-state index contributed by atoms with van der Waals surface area (Å²) in [4.78, 5) is 0. The molecule has 0 aliphatic carbocycles. The van der Waals surface area contributed by atoms with Gasteiger partial charge in [-0.05, 0) is 23.2 Å². The predicted octanol–water partition coefficient (Wildman–Crippen LogP) is 4.95. The summed E-state index contributed by atoms with van der Waals surface area (Å²) < 4.78 is 94.7. The molecule has 0 unspecified atom stereocenters. The van der Waals surface area contributed by atoms with Crippen LogP contribution in [0.5, 0.6) is 0 Å². The smallest absolute Gasteiger partial charge is 0.191 e. The third-order valence-corrected chi connectivity index (χ3v) is 1.58. The number of rotatable bonds is 3.